The van der Waals surface area contributed by atoms with Gasteiger partial charge in [0.05, 0.1) is 11.5 Å². The lowest BCUT2D eigenvalue weighted by Gasteiger charge is -2.17. The Morgan fingerprint density at radius 2 is 2.08 bits per heavy atom. The van der Waals surface area contributed by atoms with Gasteiger partial charge in [-0.15, -0.1) is 11.8 Å². The summed E-state index contributed by atoms with van der Waals surface area (Å²) in [5.74, 6) is -1.48. The van der Waals surface area contributed by atoms with E-state index in [9.17, 15) is 14.4 Å². The number of thioether (sulfide) groups is 1. The quantitative estimate of drug-likeness (QED) is 0.630. The molecule has 7 nitrogen and oxygen atoms in total. The second-order valence-corrected chi connectivity index (χ2v) is 6.67. The van der Waals surface area contributed by atoms with Gasteiger partial charge in [0.1, 0.15) is 0 Å². The third kappa shape index (κ3) is 4.02. The molecule has 1 aliphatic rings. The molecular weight excluding hydrogens is 352 g/mol. The minimum atomic E-state index is -0.519. The fraction of sp³-hybridized carbons (Fsp3) is 0.222. The second-order valence-electron chi connectivity index (χ2n) is 5.79. The second kappa shape index (κ2) is 8.01. The maximum absolute atomic E-state index is 12.3. The van der Waals surface area contributed by atoms with Crippen LogP contribution in [0.2, 0.25) is 0 Å². The number of pyridine rings is 1. The lowest BCUT2D eigenvalue weighted by atomic mass is 10.1. The first-order valence-corrected chi connectivity index (χ1v) is 9.25. The van der Waals surface area contributed by atoms with Crippen molar-refractivity contribution in [1.29, 1.82) is 0 Å². The number of hydrogen-bond donors (Lipinski definition) is 2. The van der Waals surface area contributed by atoms with Crippen LogP contribution in [0.1, 0.15) is 16.8 Å². The van der Waals surface area contributed by atoms with Crippen molar-refractivity contribution in [2.45, 2.75) is 11.3 Å². The number of carbonyl (C=O) groups excluding carboxylic acids is 3. The van der Waals surface area contributed by atoms with E-state index in [2.05, 4.69) is 15.8 Å². The summed E-state index contributed by atoms with van der Waals surface area (Å²) in [6.07, 6.45) is 5.03. The van der Waals surface area contributed by atoms with E-state index >= 15 is 0 Å². The highest BCUT2D eigenvalue weighted by Crippen LogP contribution is 2.28. The summed E-state index contributed by atoms with van der Waals surface area (Å²) in [4.78, 5) is 43.0. The Balaban J connectivity index is 1.59. The van der Waals surface area contributed by atoms with Crippen LogP contribution in [-0.4, -0.2) is 35.5 Å². The summed E-state index contributed by atoms with van der Waals surface area (Å²) in [6, 6.07) is 10.8. The molecule has 2 N–H and O–H groups in total. The largest absolute Gasteiger partial charge is 0.312 e. The van der Waals surface area contributed by atoms with Gasteiger partial charge in [-0.25, -0.2) is 0 Å². The van der Waals surface area contributed by atoms with Crippen LogP contribution in [0.25, 0.3) is 0 Å². The molecule has 3 rings (SSSR count). The summed E-state index contributed by atoms with van der Waals surface area (Å²) >= 11 is 1.59. The first-order chi connectivity index (χ1) is 12.6. The number of hydrogen-bond acceptors (Lipinski definition) is 5. The first-order valence-electron chi connectivity index (χ1n) is 8.03. The van der Waals surface area contributed by atoms with Gasteiger partial charge in [0.2, 0.25) is 11.8 Å². The van der Waals surface area contributed by atoms with Gasteiger partial charge in [-0.1, -0.05) is 6.07 Å². The van der Waals surface area contributed by atoms with Crippen LogP contribution >= 0.6 is 11.8 Å². The molecule has 1 saturated heterocycles. The van der Waals surface area contributed by atoms with Gasteiger partial charge in [0.25, 0.3) is 5.91 Å². The van der Waals surface area contributed by atoms with Gasteiger partial charge >= 0.3 is 0 Å². The number of nitrogens with zero attached hydrogens (tertiary/aromatic N) is 2. The molecule has 1 aromatic heterocycles. The molecule has 0 unspecified atom stereocenters. The number of hydrazine groups is 1. The highest BCUT2D eigenvalue weighted by Gasteiger charge is 2.35. The van der Waals surface area contributed by atoms with E-state index in [1.54, 1.807) is 35.0 Å². The molecule has 1 fully saturated rings. The fourth-order valence-corrected chi connectivity index (χ4v) is 3.15. The van der Waals surface area contributed by atoms with Crippen molar-refractivity contribution in [3.8, 4) is 0 Å². The summed E-state index contributed by atoms with van der Waals surface area (Å²) < 4.78 is 0. The van der Waals surface area contributed by atoms with Crippen LogP contribution in [0, 0.1) is 5.92 Å². The molecule has 0 saturated carbocycles. The van der Waals surface area contributed by atoms with Crippen molar-refractivity contribution in [3.63, 3.8) is 0 Å². The average Bonchev–Trinajstić information content (AvgIpc) is 3.08. The molecule has 2 aromatic rings. The summed E-state index contributed by atoms with van der Waals surface area (Å²) in [5.41, 5.74) is 5.85. The number of benzene rings is 1. The van der Waals surface area contributed by atoms with Crippen LogP contribution < -0.4 is 15.8 Å². The van der Waals surface area contributed by atoms with Gasteiger partial charge in [0.15, 0.2) is 0 Å². The number of amides is 3. The fourth-order valence-electron chi connectivity index (χ4n) is 2.70. The standard InChI is InChI=1S/C18H18N4O3S/c1-26-15-6-2-5-14(9-15)22-11-13(8-16(22)23)18(25)21-20-17(24)12-4-3-7-19-10-12/h2-7,9-10,13H,8,11H2,1H3,(H,20,24)(H,21,25)/t13-/m0/s1. The monoisotopic (exact) mass is 370 g/mol. The number of carbonyl (C=O) groups is 3. The van der Waals surface area contributed by atoms with Gasteiger partial charge in [-0.05, 0) is 36.6 Å². The van der Waals surface area contributed by atoms with E-state index in [1.165, 1.54) is 6.20 Å². The Hall–Kier alpha value is -2.87. The molecule has 0 bridgehead atoms. The van der Waals surface area contributed by atoms with Crippen molar-refractivity contribution in [3.05, 3.63) is 54.4 Å². The number of nitrogens with one attached hydrogen (secondary N) is 2. The van der Waals surface area contributed by atoms with Crippen LogP contribution in [0.5, 0.6) is 0 Å². The highest BCUT2D eigenvalue weighted by molar-refractivity contribution is 7.98. The molecule has 26 heavy (non-hydrogen) atoms. The summed E-state index contributed by atoms with van der Waals surface area (Å²) in [7, 11) is 0. The lowest BCUT2D eigenvalue weighted by Crippen LogP contribution is -2.45. The Kier molecular flexibility index (Phi) is 5.52. The van der Waals surface area contributed by atoms with Crippen LogP contribution in [0.15, 0.2) is 53.7 Å². The maximum atomic E-state index is 12.3. The lowest BCUT2D eigenvalue weighted by molar-refractivity contribution is -0.126. The molecular formula is C18H18N4O3S. The van der Waals surface area contributed by atoms with Crippen LogP contribution in [-0.2, 0) is 9.59 Å². The Bertz CT molecular complexity index is 828. The first kappa shape index (κ1) is 17.9. The third-order valence-electron chi connectivity index (χ3n) is 4.08. The molecule has 0 radical (unpaired) electrons. The van der Waals surface area contributed by atoms with E-state index in [4.69, 9.17) is 0 Å². The van der Waals surface area contributed by atoms with Crippen molar-refractivity contribution in [2.24, 2.45) is 5.92 Å². The van der Waals surface area contributed by atoms with Crippen molar-refractivity contribution < 1.29 is 14.4 Å². The molecule has 2 heterocycles. The van der Waals surface area contributed by atoms with Crippen molar-refractivity contribution >= 4 is 35.2 Å². The molecule has 0 spiro atoms. The maximum Gasteiger partial charge on any atom is 0.271 e. The van der Waals surface area contributed by atoms with Gasteiger partial charge in [0, 0.05) is 35.9 Å². The van der Waals surface area contributed by atoms with Crippen molar-refractivity contribution in [1.82, 2.24) is 15.8 Å². The Labute approximate surface area is 155 Å². The number of anilines is 1. The minimum Gasteiger partial charge on any atom is -0.312 e. The third-order valence-corrected chi connectivity index (χ3v) is 4.81. The number of aromatic nitrogens is 1. The smallest absolute Gasteiger partial charge is 0.271 e. The number of rotatable bonds is 4. The topological polar surface area (TPSA) is 91.4 Å². The zero-order valence-corrected chi connectivity index (χ0v) is 15.0. The SMILES string of the molecule is CSc1cccc(N2C[C@@H](C(=O)NNC(=O)c3cccnc3)CC2=O)c1. The molecule has 0 aliphatic carbocycles. The summed E-state index contributed by atoms with van der Waals surface area (Å²) in [5, 5.41) is 0. The predicted octanol–water partition coefficient (Wildman–Crippen LogP) is 1.62. The van der Waals surface area contributed by atoms with Gasteiger partial charge < -0.3 is 4.90 Å². The zero-order valence-electron chi connectivity index (χ0n) is 14.1. The van der Waals surface area contributed by atoms with Crippen molar-refractivity contribution in [2.75, 3.05) is 17.7 Å². The van der Waals surface area contributed by atoms with Crippen LogP contribution in [0.3, 0.4) is 0 Å². The summed E-state index contributed by atoms with van der Waals surface area (Å²) in [6.45, 7) is 0.283. The molecule has 1 aromatic carbocycles. The molecule has 134 valence electrons. The normalized spacial score (nSPS) is 16.4. The molecule has 3 amide bonds. The Morgan fingerprint density at radius 1 is 1.23 bits per heavy atom. The zero-order chi connectivity index (χ0) is 18.5. The highest BCUT2D eigenvalue weighted by atomic mass is 32.2. The molecule has 1 atom stereocenters. The van der Waals surface area contributed by atoms with Gasteiger partial charge in [-0.3, -0.25) is 30.2 Å². The average molecular weight is 370 g/mol. The predicted molar refractivity (Wildman–Crippen MR) is 98.5 cm³/mol. The molecule has 1 aliphatic heterocycles. The van der Waals surface area contributed by atoms with E-state index in [0.29, 0.717) is 5.56 Å². The minimum absolute atomic E-state index is 0.109. The van der Waals surface area contributed by atoms with Crippen LogP contribution in [0.4, 0.5) is 5.69 Å². The molecule has 8 heteroatoms. The van der Waals surface area contributed by atoms with E-state index < -0.39 is 11.8 Å². The van der Waals surface area contributed by atoms with E-state index in [1.807, 2.05) is 30.5 Å². The van der Waals surface area contributed by atoms with E-state index in [0.717, 1.165) is 10.6 Å². The Morgan fingerprint density at radius 3 is 2.81 bits per heavy atom. The van der Waals surface area contributed by atoms with Gasteiger partial charge in [-0.2, -0.15) is 0 Å². The van der Waals surface area contributed by atoms with E-state index in [-0.39, 0.29) is 24.8 Å².